The molecular formula is C14H16F3N3O2. The lowest BCUT2D eigenvalue weighted by molar-refractivity contribution is -0.207. The minimum Gasteiger partial charge on any atom is -0.419 e. The van der Waals surface area contributed by atoms with Gasteiger partial charge in [0.25, 0.3) is 0 Å². The highest BCUT2D eigenvalue weighted by Crippen LogP contribution is 2.22. The molecule has 0 saturated heterocycles. The summed E-state index contributed by atoms with van der Waals surface area (Å²) < 4.78 is 42.3. The zero-order valence-electron chi connectivity index (χ0n) is 12.1. The number of aryl methyl sites for hydroxylation is 1. The quantitative estimate of drug-likeness (QED) is 0.918. The van der Waals surface area contributed by atoms with E-state index in [9.17, 15) is 13.2 Å². The number of aliphatic hydroxyl groups excluding tert-OH is 1. The molecule has 2 rings (SSSR count). The number of hydrogen-bond donors (Lipinski definition) is 1. The molecule has 5 nitrogen and oxygen atoms in total. The lowest BCUT2D eigenvalue weighted by Gasteiger charge is -2.20. The number of nitrogens with zero attached hydrogens (tertiary/aromatic N) is 3. The van der Waals surface area contributed by atoms with Crippen LogP contribution in [0.1, 0.15) is 11.5 Å². The second kappa shape index (κ2) is 6.45. The van der Waals surface area contributed by atoms with Crippen molar-refractivity contribution in [2.24, 2.45) is 0 Å². The molecule has 0 amide bonds. The first-order valence-electron chi connectivity index (χ1n) is 6.58. The van der Waals surface area contributed by atoms with Crippen molar-refractivity contribution >= 4 is 0 Å². The molecule has 0 fully saturated rings. The molecule has 0 radical (unpaired) electrons. The Bertz CT molecular complexity index is 611. The zero-order chi connectivity index (χ0) is 16.3. The summed E-state index contributed by atoms with van der Waals surface area (Å²) in [5.74, 6) is 0.493. The minimum atomic E-state index is -4.64. The normalized spacial score (nSPS) is 13.6. The summed E-state index contributed by atoms with van der Waals surface area (Å²) in [5.41, 5.74) is 1.83. The fraction of sp³-hybridized carbons (Fsp3) is 0.429. The van der Waals surface area contributed by atoms with Crippen molar-refractivity contribution in [2.75, 3.05) is 13.6 Å². The summed E-state index contributed by atoms with van der Waals surface area (Å²) in [6, 6.07) is 7.43. The van der Waals surface area contributed by atoms with E-state index in [4.69, 9.17) is 9.52 Å². The van der Waals surface area contributed by atoms with Crippen LogP contribution in [0.4, 0.5) is 13.2 Å². The minimum absolute atomic E-state index is 0.0198. The molecule has 0 saturated carbocycles. The topological polar surface area (TPSA) is 62.4 Å². The molecule has 0 aliphatic rings. The molecule has 1 atom stereocenters. The van der Waals surface area contributed by atoms with Crippen LogP contribution >= 0.6 is 0 Å². The summed E-state index contributed by atoms with van der Waals surface area (Å²) in [6.45, 7) is 1.40. The fourth-order valence-electron chi connectivity index (χ4n) is 1.82. The first-order chi connectivity index (χ1) is 10.3. The van der Waals surface area contributed by atoms with Crippen LogP contribution in [-0.4, -0.2) is 46.1 Å². The maximum absolute atomic E-state index is 12.3. The van der Waals surface area contributed by atoms with E-state index in [1.54, 1.807) is 0 Å². The molecule has 0 aliphatic heterocycles. The lowest BCUT2D eigenvalue weighted by atomic mass is 10.1. The predicted molar refractivity (Wildman–Crippen MR) is 72.9 cm³/mol. The molecule has 0 aliphatic carbocycles. The first kappa shape index (κ1) is 16.4. The van der Waals surface area contributed by atoms with Crippen molar-refractivity contribution in [3.05, 3.63) is 35.7 Å². The van der Waals surface area contributed by atoms with E-state index in [2.05, 4.69) is 10.2 Å². The van der Waals surface area contributed by atoms with E-state index >= 15 is 0 Å². The van der Waals surface area contributed by atoms with Gasteiger partial charge in [0.05, 0.1) is 6.54 Å². The lowest BCUT2D eigenvalue weighted by Crippen LogP contribution is -2.39. The van der Waals surface area contributed by atoms with Crippen molar-refractivity contribution in [3.63, 3.8) is 0 Å². The summed E-state index contributed by atoms with van der Waals surface area (Å²) in [5, 5.41) is 16.7. The first-order valence-corrected chi connectivity index (χ1v) is 6.58. The van der Waals surface area contributed by atoms with E-state index in [1.807, 2.05) is 31.2 Å². The largest absolute Gasteiger partial charge is 0.419 e. The fourth-order valence-corrected chi connectivity index (χ4v) is 1.82. The Morgan fingerprint density at radius 2 is 1.86 bits per heavy atom. The highest BCUT2D eigenvalue weighted by atomic mass is 19.4. The van der Waals surface area contributed by atoms with Gasteiger partial charge < -0.3 is 9.52 Å². The van der Waals surface area contributed by atoms with Gasteiger partial charge in [-0.1, -0.05) is 17.7 Å². The molecule has 1 unspecified atom stereocenters. The molecular weight excluding hydrogens is 299 g/mol. The Labute approximate surface area is 125 Å². The number of rotatable bonds is 5. The van der Waals surface area contributed by atoms with Crippen LogP contribution in [-0.2, 0) is 6.54 Å². The number of benzene rings is 1. The van der Waals surface area contributed by atoms with Crippen LogP contribution in [0.15, 0.2) is 28.7 Å². The molecule has 0 bridgehead atoms. The van der Waals surface area contributed by atoms with Crippen LogP contribution in [0.25, 0.3) is 11.5 Å². The molecule has 1 N–H and O–H groups in total. The average molecular weight is 315 g/mol. The maximum Gasteiger partial charge on any atom is 0.415 e. The number of halogens is 3. The second-order valence-corrected chi connectivity index (χ2v) is 5.12. The van der Waals surface area contributed by atoms with E-state index in [0.717, 1.165) is 11.1 Å². The smallest absolute Gasteiger partial charge is 0.415 e. The number of alkyl halides is 3. The standard InChI is InChI=1S/C14H16F3N3O2/c1-9-3-5-10(6-4-9)13-19-18-12(22-13)8-20(2)7-11(21)14(15,16)17/h3-6,11,21H,7-8H2,1-2H3. The van der Waals surface area contributed by atoms with E-state index in [-0.39, 0.29) is 12.4 Å². The zero-order valence-corrected chi connectivity index (χ0v) is 12.1. The molecule has 8 heteroatoms. The predicted octanol–water partition coefficient (Wildman–Crippen LogP) is 2.40. The van der Waals surface area contributed by atoms with Crippen molar-refractivity contribution < 1.29 is 22.7 Å². The Kier molecular flexibility index (Phi) is 4.82. The van der Waals surface area contributed by atoms with Crippen LogP contribution in [0.3, 0.4) is 0 Å². The van der Waals surface area contributed by atoms with Gasteiger partial charge in [-0.15, -0.1) is 10.2 Å². The van der Waals surface area contributed by atoms with Gasteiger partial charge in [-0.2, -0.15) is 13.2 Å². The average Bonchev–Trinajstić information content (AvgIpc) is 2.86. The summed E-state index contributed by atoms with van der Waals surface area (Å²) in [4.78, 5) is 1.27. The van der Waals surface area contributed by atoms with Crippen molar-refractivity contribution in [2.45, 2.75) is 25.7 Å². The Hall–Kier alpha value is -1.93. The molecule has 22 heavy (non-hydrogen) atoms. The molecule has 1 aromatic carbocycles. The number of aliphatic hydroxyl groups is 1. The van der Waals surface area contributed by atoms with Crippen LogP contribution in [0.5, 0.6) is 0 Å². The third kappa shape index (κ3) is 4.28. The highest BCUT2D eigenvalue weighted by Gasteiger charge is 2.38. The molecule has 1 heterocycles. The summed E-state index contributed by atoms with van der Waals surface area (Å²) in [6.07, 6.45) is -7.05. The van der Waals surface area contributed by atoms with E-state index in [1.165, 1.54) is 11.9 Å². The summed E-state index contributed by atoms with van der Waals surface area (Å²) >= 11 is 0. The van der Waals surface area contributed by atoms with Gasteiger partial charge in [-0.25, -0.2) is 0 Å². The van der Waals surface area contributed by atoms with Crippen LogP contribution < -0.4 is 0 Å². The highest BCUT2D eigenvalue weighted by molar-refractivity contribution is 5.52. The van der Waals surface area contributed by atoms with Gasteiger partial charge in [0.2, 0.25) is 11.8 Å². The van der Waals surface area contributed by atoms with E-state index < -0.39 is 18.8 Å². The SMILES string of the molecule is Cc1ccc(-c2nnc(CN(C)CC(O)C(F)(F)F)o2)cc1. The second-order valence-electron chi connectivity index (χ2n) is 5.12. The van der Waals surface area contributed by atoms with Gasteiger partial charge in [-0.05, 0) is 26.1 Å². The molecule has 2 aromatic rings. The van der Waals surface area contributed by atoms with Crippen molar-refractivity contribution in [1.29, 1.82) is 0 Å². The Balaban J connectivity index is 1.98. The number of hydrogen-bond acceptors (Lipinski definition) is 5. The number of aromatic nitrogens is 2. The van der Waals surface area contributed by atoms with Crippen molar-refractivity contribution in [1.82, 2.24) is 15.1 Å². The monoisotopic (exact) mass is 315 g/mol. The van der Waals surface area contributed by atoms with Gasteiger partial charge >= 0.3 is 6.18 Å². The van der Waals surface area contributed by atoms with Gasteiger partial charge in [-0.3, -0.25) is 4.90 Å². The van der Waals surface area contributed by atoms with Gasteiger partial charge in [0.15, 0.2) is 6.10 Å². The van der Waals surface area contributed by atoms with Gasteiger partial charge in [0, 0.05) is 12.1 Å². The van der Waals surface area contributed by atoms with Crippen molar-refractivity contribution in [3.8, 4) is 11.5 Å². The van der Waals surface area contributed by atoms with Crippen LogP contribution in [0.2, 0.25) is 0 Å². The number of likely N-dealkylation sites (N-methyl/N-ethyl adjacent to an activating group) is 1. The summed E-state index contributed by atoms with van der Waals surface area (Å²) in [7, 11) is 1.44. The third-order valence-corrected chi connectivity index (χ3v) is 3.03. The Morgan fingerprint density at radius 1 is 1.23 bits per heavy atom. The molecule has 0 spiro atoms. The van der Waals surface area contributed by atoms with Gasteiger partial charge in [0.1, 0.15) is 0 Å². The van der Waals surface area contributed by atoms with Crippen LogP contribution in [0, 0.1) is 6.92 Å². The molecule has 1 aromatic heterocycles. The third-order valence-electron chi connectivity index (χ3n) is 3.03. The maximum atomic E-state index is 12.3. The molecule has 120 valence electrons. The Morgan fingerprint density at radius 3 is 2.45 bits per heavy atom. The van der Waals surface area contributed by atoms with E-state index in [0.29, 0.717) is 5.89 Å².